The molecule has 19 heteroatoms. The van der Waals surface area contributed by atoms with Crippen LogP contribution in [0.15, 0.2) is 46.2 Å². The van der Waals surface area contributed by atoms with Gasteiger partial charge in [-0.2, -0.15) is 0 Å². The van der Waals surface area contributed by atoms with Crippen LogP contribution in [0.1, 0.15) is 64.8 Å². The molecule has 2 aromatic carbocycles. The summed E-state index contributed by atoms with van der Waals surface area (Å²) >= 11 is 0. The lowest BCUT2D eigenvalue weighted by molar-refractivity contribution is -0.385. The molecule has 0 saturated carbocycles. The van der Waals surface area contributed by atoms with Crippen molar-refractivity contribution in [1.82, 2.24) is 10.1 Å². The number of aliphatic hydroxyl groups excluding tert-OH is 2. The van der Waals surface area contributed by atoms with Gasteiger partial charge in [0.05, 0.1) is 23.3 Å². The summed E-state index contributed by atoms with van der Waals surface area (Å²) in [5, 5.41) is 32.0. The molecule has 0 aromatic heterocycles. The van der Waals surface area contributed by atoms with Crippen LogP contribution in [-0.2, 0) is 38.3 Å². The summed E-state index contributed by atoms with van der Waals surface area (Å²) < 4.78 is 10.2. The van der Waals surface area contributed by atoms with Crippen molar-refractivity contribution >= 4 is 63.0 Å². The third-order valence-corrected chi connectivity index (χ3v) is 9.17. The van der Waals surface area contributed by atoms with E-state index in [-0.39, 0.29) is 49.8 Å². The van der Waals surface area contributed by atoms with Crippen molar-refractivity contribution in [3.63, 3.8) is 0 Å². The molecule has 17 nitrogen and oxygen atoms in total. The van der Waals surface area contributed by atoms with E-state index >= 15 is 0 Å². The monoisotopic (exact) mass is 707 g/mol. The van der Waals surface area contributed by atoms with Gasteiger partial charge in [-0.3, -0.25) is 19.7 Å². The minimum Gasteiger partial charge on any atom is -0.461 e. The Morgan fingerprint density at radius 3 is 1.73 bits per heavy atom. The summed E-state index contributed by atoms with van der Waals surface area (Å²) in [5.41, 5.74) is -0.126. The number of hydrogen-bond acceptors (Lipinski definition) is 16. The fraction of sp³-hybridized carbons (Fsp3) is 0.379. The van der Waals surface area contributed by atoms with Crippen LogP contribution in [0.2, 0.25) is 0 Å². The number of carbonyl (C=O) groups is 6. The molecule has 2 aliphatic heterocycles. The number of ether oxygens (including phenoxy) is 2. The quantitative estimate of drug-likeness (QED) is 0.124. The number of nitro benzene ring substituents is 1. The van der Waals surface area contributed by atoms with Gasteiger partial charge in [0.15, 0.2) is 12.5 Å². The zero-order valence-electron chi connectivity index (χ0n) is 25.2. The van der Waals surface area contributed by atoms with Gasteiger partial charge in [0.25, 0.3) is 17.5 Å². The molecule has 2 fully saturated rings. The van der Waals surface area contributed by atoms with Crippen molar-refractivity contribution in [2.24, 2.45) is 0 Å². The molecule has 2 atom stereocenters. The fourth-order valence-electron chi connectivity index (χ4n) is 4.30. The normalized spacial score (nSPS) is 17.3. The van der Waals surface area contributed by atoms with Crippen LogP contribution < -0.4 is 0 Å². The molecule has 2 aliphatic rings. The first-order chi connectivity index (χ1) is 22.8. The van der Waals surface area contributed by atoms with E-state index in [1.54, 1.807) is 25.1 Å². The first kappa shape index (κ1) is 36.1. The summed E-state index contributed by atoms with van der Waals surface area (Å²) in [6.45, 7) is 0.825. The van der Waals surface area contributed by atoms with E-state index in [1.165, 1.54) is 22.9 Å². The lowest BCUT2D eigenvalue weighted by Gasteiger charge is -2.18. The van der Waals surface area contributed by atoms with Gasteiger partial charge in [-0.05, 0) is 36.8 Å². The van der Waals surface area contributed by atoms with Crippen LogP contribution in [0.5, 0.6) is 0 Å². The Balaban J connectivity index is 1.30. The number of amides is 2. The van der Waals surface area contributed by atoms with Crippen LogP contribution >= 0.6 is 21.6 Å². The van der Waals surface area contributed by atoms with Crippen molar-refractivity contribution < 1.29 is 63.1 Å². The van der Waals surface area contributed by atoms with Crippen molar-refractivity contribution in [1.29, 1.82) is 0 Å². The van der Waals surface area contributed by atoms with Gasteiger partial charge in [-0.25, -0.2) is 19.2 Å². The first-order valence-electron chi connectivity index (χ1n) is 14.3. The van der Waals surface area contributed by atoms with Crippen molar-refractivity contribution in [3.8, 4) is 0 Å². The number of rotatable bonds is 14. The Morgan fingerprint density at radius 2 is 1.27 bits per heavy atom. The molecule has 2 amide bonds. The molecule has 0 spiro atoms. The number of esters is 2. The van der Waals surface area contributed by atoms with Crippen LogP contribution in [-0.4, -0.2) is 86.6 Å². The number of carbonyl (C=O) groups excluding carboxylic acids is 6. The molecule has 2 heterocycles. The SMILES string of the molecule is Cc1ccc(SSc2ccc([N+](=O)[O-])c(C(=O)OCCC(=O)ON3C(=O)CCC3O)c2)cc1C(=O)OCCC(=O)ON1C(=O)CCC1O. The Labute approximate surface area is 279 Å². The molecule has 2 unspecified atom stereocenters. The van der Waals surface area contributed by atoms with Crippen LogP contribution in [0.25, 0.3) is 0 Å². The van der Waals surface area contributed by atoms with E-state index in [2.05, 4.69) is 0 Å². The lowest BCUT2D eigenvalue weighted by atomic mass is 10.1. The molecule has 256 valence electrons. The Morgan fingerprint density at radius 1 is 0.812 bits per heavy atom. The van der Waals surface area contributed by atoms with Gasteiger partial charge in [0.2, 0.25) is 0 Å². The van der Waals surface area contributed by atoms with E-state index < -0.39 is 71.8 Å². The molecule has 2 aromatic rings. The van der Waals surface area contributed by atoms with E-state index in [0.29, 0.717) is 25.5 Å². The van der Waals surface area contributed by atoms with Crippen LogP contribution in [0, 0.1) is 17.0 Å². The number of nitro groups is 1. The number of aryl methyl sites for hydroxylation is 1. The molecule has 0 bridgehead atoms. The van der Waals surface area contributed by atoms with E-state index in [0.717, 1.165) is 16.9 Å². The van der Waals surface area contributed by atoms with Crippen LogP contribution in [0.4, 0.5) is 5.69 Å². The Hall–Kier alpha value is -4.72. The predicted molar refractivity (Wildman–Crippen MR) is 162 cm³/mol. The molecular formula is C29H29N3O14S2. The third-order valence-electron chi connectivity index (χ3n) is 6.79. The highest BCUT2D eigenvalue weighted by molar-refractivity contribution is 8.76. The number of hydroxylamine groups is 4. The maximum atomic E-state index is 12.7. The molecule has 48 heavy (non-hydrogen) atoms. The third kappa shape index (κ3) is 9.43. The zero-order valence-corrected chi connectivity index (χ0v) is 26.9. The average molecular weight is 708 g/mol. The van der Waals surface area contributed by atoms with Crippen LogP contribution in [0.3, 0.4) is 0 Å². The van der Waals surface area contributed by atoms with E-state index in [9.17, 15) is 49.1 Å². The highest BCUT2D eigenvalue weighted by atomic mass is 33.1. The van der Waals surface area contributed by atoms with Crippen molar-refractivity contribution in [2.75, 3.05) is 13.2 Å². The van der Waals surface area contributed by atoms with E-state index in [4.69, 9.17) is 19.1 Å². The maximum Gasteiger partial charge on any atom is 0.345 e. The lowest BCUT2D eigenvalue weighted by Crippen LogP contribution is -2.35. The summed E-state index contributed by atoms with van der Waals surface area (Å²) in [7, 11) is 2.29. The second kappa shape index (κ2) is 16.4. The minimum absolute atomic E-state index is 0.00886. The largest absolute Gasteiger partial charge is 0.461 e. The Kier molecular flexibility index (Phi) is 12.3. The standard InChI is InChI=1S/C29H29N3O14S2/c1-16-2-3-17(14-19(16)28(39)43-12-10-26(37)45-30-22(33)6-7-23(30)34)47-48-18-4-5-21(32(41)42)20(15-18)29(40)44-13-11-27(38)46-31-24(35)8-9-25(31)36/h2-5,14-15,22,24,33,35H,6-13H2,1H3. The summed E-state index contributed by atoms with van der Waals surface area (Å²) in [6.07, 6.45) is -3.02. The molecule has 2 N–H and O–H groups in total. The van der Waals surface area contributed by atoms with Gasteiger partial charge in [0.1, 0.15) is 18.8 Å². The number of benzene rings is 2. The molecular weight excluding hydrogens is 678 g/mol. The molecule has 2 saturated heterocycles. The highest BCUT2D eigenvalue weighted by Crippen LogP contribution is 2.39. The zero-order chi connectivity index (χ0) is 35.0. The van der Waals surface area contributed by atoms with Gasteiger partial charge >= 0.3 is 23.9 Å². The minimum atomic E-state index is -1.26. The Bertz CT molecular complexity index is 1620. The first-order valence-corrected chi connectivity index (χ1v) is 16.5. The van der Waals surface area contributed by atoms with Gasteiger partial charge in [-0.1, -0.05) is 27.7 Å². The van der Waals surface area contributed by atoms with E-state index in [1.807, 2.05) is 0 Å². The number of nitrogens with zero attached hydrogens (tertiary/aromatic N) is 3. The number of aliphatic hydroxyl groups is 2. The maximum absolute atomic E-state index is 12.7. The topological polar surface area (TPSA) is 229 Å². The van der Waals surface area contributed by atoms with Crippen molar-refractivity contribution in [2.45, 2.75) is 67.7 Å². The van der Waals surface area contributed by atoms with Gasteiger partial charge in [0, 0.05) is 41.5 Å². The molecule has 0 aliphatic carbocycles. The van der Waals surface area contributed by atoms with Gasteiger partial charge < -0.3 is 29.4 Å². The summed E-state index contributed by atoms with van der Waals surface area (Å²) in [6, 6.07) is 8.71. The summed E-state index contributed by atoms with van der Waals surface area (Å²) in [4.78, 5) is 94.1. The predicted octanol–water partition coefficient (Wildman–Crippen LogP) is 2.59. The summed E-state index contributed by atoms with van der Waals surface area (Å²) in [5.74, 6) is -4.72. The van der Waals surface area contributed by atoms with Gasteiger partial charge in [-0.15, -0.1) is 10.1 Å². The van der Waals surface area contributed by atoms with Crippen molar-refractivity contribution in [3.05, 3.63) is 63.2 Å². The highest BCUT2D eigenvalue weighted by Gasteiger charge is 2.34. The molecule has 4 rings (SSSR count). The smallest absolute Gasteiger partial charge is 0.345 e. The second-order valence-corrected chi connectivity index (χ2v) is 12.5. The second-order valence-electron chi connectivity index (χ2n) is 10.3. The fourth-order valence-corrected chi connectivity index (χ4v) is 6.27. The molecule has 0 radical (unpaired) electrons. The average Bonchev–Trinajstić information content (AvgIpc) is 3.54. The number of hydrogen-bond donors (Lipinski definition) is 2.